The molecule has 2 rings (SSSR count). The summed E-state index contributed by atoms with van der Waals surface area (Å²) in [4.78, 5) is 2.37. The fraction of sp³-hybridized carbons (Fsp3) is 0.533. The fourth-order valence-electron chi connectivity index (χ4n) is 2.50. The highest BCUT2D eigenvalue weighted by Crippen LogP contribution is 2.22. The van der Waals surface area contributed by atoms with Gasteiger partial charge in [0.2, 0.25) is 0 Å². The minimum absolute atomic E-state index is 0.258. The lowest BCUT2D eigenvalue weighted by molar-refractivity contribution is 0.162. The molecule has 0 spiro atoms. The number of piperidine rings is 1. The minimum Gasteiger partial charge on any atom is -0.495 e. The quantitative estimate of drug-likeness (QED) is 0.898. The molecular formula is C15H21N3O. The van der Waals surface area contributed by atoms with Crippen molar-refractivity contribution in [3.05, 3.63) is 29.3 Å². The Balaban J connectivity index is 2.06. The first-order chi connectivity index (χ1) is 9.13. The maximum Gasteiger partial charge on any atom is 0.136 e. The van der Waals surface area contributed by atoms with Crippen LogP contribution in [-0.2, 0) is 6.54 Å². The highest BCUT2D eigenvalue weighted by Gasteiger charge is 2.23. The molecule has 0 amide bonds. The molecule has 0 aromatic heterocycles. The first-order valence-corrected chi connectivity index (χ1v) is 6.69. The van der Waals surface area contributed by atoms with E-state index in [-0.39, 0.29) is 6.04 Å². The molecule has 0 bridgehead atoms. The van der Waals surface area contributed by atoms with Crippen molar-refractivity contribution in [1.82, 2.24) is 4.90 Å². The second kappa shape index (κ2) is 6.05. The number of rotatable bonds is 3. The Bertz CT molecular complexity index is 481. The molecule has 19 heavy (non-hydrogen) atoms. The zero-order chi connectivity index (χ0) is 13.8. The molecule has 1 saturated heterocycles. The Kier molecular flexibility index (Phi) is 4.41. The summed E-state index contributed by atoms with van der Waals surface area (Å²) < 4.78 is 5.24. The fourth-order valence-corrected chi connectivity index (χ4v) is 2.50. The number of methoxy groups -OCH3 is 1. The number of benzene rings is 1. The average Bonchev–Trinajstić information content (AvgIpc) is 2.43. The summed E-state index contributed by atoms with van der Waals surface area (Å²) in [6.07, 6.45) is 1.15. The van der Waals surface area contributed by atoms with Gasteiger partial charge in [0.05, 0.1) is 12.7 Å². The van der Waals surface area contributed by atoms with E-state index >= 15 is 0 Å². The Hall–Kier alpha value is -1.57. The molecule has 2 unspecified atom stereocenters. The van der Waals surface area contributed by atoms with Gasteiger partial charge in [-0.15, -0.1) is 0 Å². The van der Waals surface area contributed by atoms with Crippen LogP contribution in [-0.4, -0.2) is 31.1 Å². The minimum atomic E-state index is 0.258. The molecule has 1 aliphatic rings. The van der Waals surface area contributed by atoms with Gasteiger partial charge in [-0.1, -0.05) is 13.0 Å². The zero-order valence-corrected chi connectivity index (χ0v) is 11.6. The van der Waals surface area contributed by atoms with Gasteiger partial charge in [-0.3, -0.25) is 4.90 Å². The molecule has 1 aliphatic heterocycles. The van der Waals surface area contributed by atoms with Crippen molar-refractivity contribution < 1.29 is 4.74 Å². The Morgan fingerprint density at radius 2 is 2.32 bits per heavy atom. The van der Waals surface area contributed by atoms with Crippen LogP contribution in [0.2, 0.25) is 0 Å². The van der Waals surface area contributed by atoms with Crippen molar-refractivity contribution >= 4 is 0 Å². The molecule has 1 fully saturated rings. The molecule has 1 aromatic rings. The summed E-state index contributed by atoms with van der Waals surface area (Å²) >= 11 is 0. The predicted octanol–water partition coefficient (Wildman–Crippen LogP) is 1.74. The number of ether oxygens (including phenoxy) is 1. The Labute approximate surface area is 114 Å². The summed E-state index contributed by atoms with van der Waals surface area (Å²) in [6.45, 7) is 5.09. The molecule has 1 heterocycles. The number of nitrogens with zero attached hydrogens (tertiary/aromatic N) is 2. The van der Waals surface area contributed by atoms with E-state index in [1.165, 1.54) is 0 Å². The van der Waals surface area contributed by atoms with Crippen LogP contribution in [0.3, 0.4) is 0 Å². The molecule has 1 aromatic carbocycles. The lowest BCUT2D eigenvalue weighted by Crippen LogP contribution is -2.47. The molecule has 102 valence electrons. The van der Waals surface area contributed by atoms with Gasteiger partial charge in [0.25, 0.3) is 0 Å². The van der Waals surface area contributed by atoms with Gasteiger partial charge in [-0.25, -0.2) is 0 Å². The van der Waals surface area contributed by atoms with E-state index in [2.05, 4.69) is 17.9 Å². The van der Waals surface area contributed by atoms with Gasteiger partial charge in [0.15, 0.2) is 0 Å². The van der Waals surface area contributed by atoms with Gasteiger partial charge < -0.3 is 10.5 Å². The molecule has 4 heteroatoms. The van der Waals surface area contributed by atoms with Crippen molar-refractivity contribution in [1.29, 1.82) is 5.26 Å². The van der Waals surface area contributed by atoms with E-state index in [0.29, 0.717) is 17.2 Å². The van der Waals surface area contributed by atoms with Crippen LogP contribution in [0.1, 0.15) is 24.5 Å². The number of hydrogen-bond donors (Lipinski definition) is 1. The van der Waals surface area contributed by atoms with Crippen molar-refractivity contribution in [2.75, 3.05) is 20.2 Å². The second-order valence-corrected chi connectivity index (χ2v) is 5.31. The van der Waals surface area contributed by atoms with Crippen LogP contribution in [0, 0.1) is 17.2 Å². The van der Waals surface area contributed by atoms with Gasteiger partial charge >= 0.3 is 0 Å². The monoisotopic (exact) mass is 259 g/mol. The summed E-state index contributed by atoms with van der Waals surface area (Å²) in [5.74, 6) is 1.25. The summed E-state index contributed by atoms with van der Waals surface area (Å²) in [5, 5.41) is 8.97. The summed E-state index contributed by atoms with van der Waals surface area (Å²) in [6, 6.07) is 8.15. The van der Waals surface area contributed by atoms with Crippen molar-refractivity contribution in [3.8, 4) is 11.8 Å². The van der Waals surface area contributed by atoms with E-state index in [1.54, 1.807) is 7.11 Å². The van der Waals surface area contributed by atoms with Crippen LogP contribution >= 0.6 is 0 Å². The van der Waals surface area contributed by atoms with Crippen LogP contribution in [0.5, 0.6) is 5.75 Å². The standard InChI is InChI=1S/C15H21N3O/c1-11-5-6-18(10-14(11)17)9-12-3-4-13(8-16)15(7-12)19-2/h3-4,7,11,14H,5-6,9-10,17H2,1-2H3. The maximum absolute atomic E-state index is 8.97. The molecular weight excluding hydrogens is 238 g/mol. The highest BCUT2D eigenvalue weighted by atomic mass is 16.5. The van der Waals surface area contributed by atoms with Crippen molar-refractivity contribution in [2.45, 2.75) is 25.9 Å². The first-order valence-electron chi connectivity index (χ1n) is 6.69. The Morgan fingerprint density at radius 3 is 2.95 bits per heavy atom. The number of hydrogen-bond acceptors (Lipinski definition) is 4. The number of nitriles is 1. The van der Waals surface area contributed by atoms with E-state index in [4.69, 9.17) is 15.7 Å². The van der Waals surface area contributed by atoms with Crippen molar-refractivity contribution in [3.63, 3.8) is 0 Å². The zero-order valence-electron chi connectivity index (χ0n) is 11.6. The van der Waals surface area contributed by atoms with E-state index in [1.807, 2.05) is 18.2 Å². The van der Waals surface area contributed by atoms with Crippen LogP contribution in [0.15, 0.2) is 18.2 Å². The molecule has 0 radical (unpaired) electrons. The third-order valence-corrected chi connectivity index (χ3v) is 3.89. The van der Waals surface area contributed by atoms with Crippen LogP contribution in [0.25, 0.3) is 0 Å². The molecule has 2 atom stereocenters. The van der Waals surface area contributed by atoms with E-state index < -0.39 is 0 Å². The smallest absolute Gasteiger partial charge is 0.136 e. The first kappa shape index (κ1) is 13.9. The normalized spacial score (nSPS) is 23.9. The summed E-state index contributed by atoms with van der Waals surface area (Å²) in [7, 11) is 1.60. The largest absolute Gasteiger partial charge is 0.495 e. The highest BCUT2D eigenvalue weighted by molar-refractivity contribution is 5.45. The predicted molar refractivity (Wildman–Crippen MR) is 74.7 cm³/mol. The second-order valence-electron chi connectivity index (χ2n) is 5.31. The number of likely N-dealkylation sites (tertiary alicyclic amines) is 1. The van der Waals surface area contributed by atoms with E-state index in [9.17, 15) is 0 Å². The molecule has 4 nitrogen and oxygen atoms in total. The summed E-state index contributed by atoms with van der Waals surface area (Å²) in [5.41, 5.74) is 7.86. The SMILES string of the molecule is COc1cc(CN2CCC(C)C(N)C2)ccc1C#N. The van der Waals surface area contributed by atoms with E-state index in [0.717, 1.165) is 31.6 Å². The molecule has 0 aliphatic carbocycles. The number of nitrogens with two attached hydrogens (primary N) is 1. The topological polar surface area (TPSA) is 62.3 Å². The van der Waals surface area contributed by atoms with Crippen LogP contribution in [0.4, 0.5) is 0 Å². The molecule has 0 saturated carbocycles. The lowest BCUT2D eigenvalue weighted by atomic mass is 9.94. The Morgan fingerprint density at radius 1 is 1.53 bits per heavy atom. The third-order valence-electron chi connectivity index (χ3n) is 3.89. The van der Waals surface area contributed by atoms with Crippen molar-refractivity contribution in [2.24, 2.45) is 11.7 Å². The van der Waals surface area contributed by atoms with Gasteiger partial charge in [-0.2, -0.15) is 5.26 Å². The van der Waals surface area contributed by atoms with Gasteiger partial charge in [0.1, 0.15) is 11.8 Å². The van der Waals surface area contributed by atoms with Crippen LogP contribution < -0.4 is 10.5 Å². The maximum atomic E-state index is 8.97. The van der Waals surface area contributed by atoms with Gasteiger partial charge in [0, 0.05) is 19.1 Å². The average molecular weight is 259 g/mol. The van der Waals surface area contributed by atoms with Gasteiger partial charge in [-0.05, 0) is 36.6 Å². The third kappa shape index (κ3) is 3.25. The molecule has 2 N–H and O–H groups in total. The lowest BCUT2D eigenvalue weighted by Gasteiger charge is -2.35.